The number of aromatic amines is 1. The van der Waals surface area contributed by atoms with Crippen molar-refractivity contribution in [1.82, 2.24) is 15.2 Å². The van der Waals surface area contributed by atoms with Crippen LogP contribution in [0.4, 0.5) is 4.79 Å². The lowest BCUT2D eigenvalue weighted by atomic mass is 10.1. The molecule has 0 bridgehead atoms. The van der Waals surface area contributed by atoms with Gasteiger partial charge < -0.3 is 20.3 Å². The van der Waals surface area contributed by atoms with Gasteiger partial charge in [0.25, 0.3) is 0 Å². The Morgan fingerprint density at radius 1 is 1.35 bits per heavy atom. The summed E-state index contributed by atoms with van der Waals surface area (Å²) in [5.41, 5.74) is 2.82. The van der Waals surface area contributed by atoms with Gasteiger partial charge in [-0.05, 0) is 37.8 Å². The molecule has 5 heteroatoms. The third-order valence-corrected chi connectivity index (χ3v) is 3.91. The minimum absolute atomic E-state index is 0.166. The minimum Gasteiger partial charge on any atom is -0.389 e. The molecule has 1 aromatic carbocycles. The number of urea groups is 1. The molecule has 0 radical (unpaired) electrons. The molecule has 2 rings (SSSR count). The molecule has 0 fully saturated rings. The van der Waals surface area contributed by atoms with Crippen LogP contribution in [0.5, 0.6) is 0 Å². The number of para-hydroxylation sites is 1. The van der Waals surface area contributed by atoms with Crippen molar-refractivity contribution in [2.75, 3.05) is 20.1 Å². The van der Waals surface area contributed by atoms with Crippen LogP contribution < -0.4 is 5.32 Å². The monoisotopic (exact) mass is 317 g/mol. The lowest BCUT2D eigenvalue weighted by molar-refractivity contribution is 0.0532. The lowest BCUT2D eigenvalue weighted by Crippen LogP contribution is -2.45. The predicted octanol–water partition coefficient (Wildman–Crippen LogP) is 2.69. The van der Waals surface area contributed by atoms with E-state index in [0.29, 0.717) is 13.1 Å². The smallest absolute Gasteiger partial charge is 0.317 e. The molecule has 2 aromatic rings. The van der Waals surface area contributed by atoms with E-state index in [2.05, 4.69) is 35.4 Å². The third kappa shape index (κ3) is 4.48. The highest BCUT2D eigenvalue weighted by Crippen LogP contribution is 2.22. The number of likely N-dealkylation sites (N-methyl/N-ethyl adjacent to an activating group) is 1. The number of carbonyl (C=O) groups is 1. The van der Waals surface area contributed by atoms with Crippen molar-refractivity contribution in [3.63, 3.8) is 0 Å². The maximum Gasteiger partial charge on any atom is 0.317 e. The quantitative estimate of drug-likeness (QED) is 0.767. The zero-order valence-electron chi connectivity index (χ0n) is 14.4. The minimum atomic E-state index is -0.889. The van der Waals surface area contributed by atoms with E-state index in [1.807, 2.05) is 6.20 Å². The molecule has 5 nitrogen and oxygen atoms in total. The number of rotatable bonds is 6. The topological polar surface area (TPSA) is 68.4 Å². The number of nitrogens with one attached hydrogen (secondary N) is 2. The molecule has 23 heavy (non-hydrogen) atoms. The van der Waals surface area contributed by atoms with Gasteiger partial charge in [-0.2, -0.15) is 0 Å². The Hall–Kier alpha value is -2.01. The SMILES string of the molecule is CCc1cccc2c(CCNC(=O)N(C)CC(C)(C)O)c[nH]c12. The third-order valence-electron chi connectivity index (χ3n) is 3.91. The van der Waals surface area contributed by atoms with Gasteiger partial charge in [0.1, 0.15) is 0 Å². The molecule has 0 atom stereocenters. The summed E-state index contributed by atoms with van der Waals surface area (Å²) in [6.45, 7) is 6.39. The van der Waals surface area contributed by atoms with Gasteiger partial charge in [0.15, 0.2) is 0 Å². The second-order valence-electron chi connectivity index (χ2n) is 6.66. The number of hydrogen-bond acceptors (Lipinski definition) is 2. The second-order valence-corrected chi connectivity index (χ2v) is 6.66. The molecule has 1 aromatic heterocycles. The maximum atomic E-state index is 12.0. The van der Waals surface area contributed by atoms with E-state index in [0.717, 1.165) is 12.8 Å². The summed E-state index contributed by atoms with van der Waals surface area (Å²) in [5.74, 6) is 0. The van der Waals surface area contributed by atoms with E-state index in [9.17, 15) is 9.90 Å². The summed E-state index contributed by atoms with van der Waals surface area (Å²) in [7, 11) is 1.69. The first-order valence-corrected chi connectivity index (χ1v) is 8.11. The summed E-state index contributed by atoms with van der Waals surface area (Å²) in [4.78, 5) is 16.9. The Morgan fingerprint density at radius 3 is 2.74 bits per heavy atom. The molecular weight excluding hydrogens is 290 g/mol. The van der Waals surface area contributed by atoms with E-state index in [1.54, 1.807) is 20.9 Å². The highest BCUT2D eigenvalue weighted by molar-refractivity contribution is 5.86. The molecule has 0 unspecified atom stereocenters. The molecule has 126 valence electrons. The number of nitrogens with zero attached hydrogens (tertiary/aromatic N) is 1. The summed E-state index contributed by atoms with van der Waals surface area (Å²) >= 11 is 0. The molecule has 0 aliphatic heterocycles. The van der Waals surface area contributed by atoms with Gasteiger partial charge in [-0.15, -0.1) is 0 Å². The number of H-pyrrole nitrogens is 1. The van der Waals surface area contributed by atoms with Crippen molar-refractivity contribution in [2.24, 2.45) is 0 Å². The molecule has 0 saturated carbocycles. The van der Waals surface area contributed by atoms with Crippen LogP contribution in [0.25, 0.3) is 10.9 Å². The zero-order chi connectivity index (χ0) is 17.0. The molecule has 0 spiro atoms. The number of aromatic nitrogens is 1. The summed E-state index contributed by atoms with van der Waals surface area (Å²) < 4.78 is 0. The number of fused-ring (bicyclic) bond motifs is 1. The van der Waals surface area contributed by atoms with Crippen molar-refractivity contribution >= 4 is 16.9 Å². The average molecular weight is 317 g/mol. The van der Waals surface area contributed by atoms with Crippen LogP contribution in [0, 0.1) is 0 Å². The van der Waals surface area contributed by atoms with Crippen molar-refractivity contribution in [3.8, 4) is 0 Å². The van der Waals surface area contributed by atoms with Crippen molar-refractivity contribution in [2.45, 2.75) is 39.2 Å². The highest BCUT2D eigenvalue weighted by atomic mass is 16.3. The summed E-state index contributed by atoms with van der Waals surface area (Å²) in [6, 6.07) is 6.16. The number of benzene rings is 1. The standard InChI is InChI=1S/C18H27N3O2/c1-5-13-7-6-8-15-14(11-20-16(13)15)9-10-19-17(22)21(4)12-18(2,3)23/h6-8,11,20,23H,5,9-10,12H2,1-4H3,(H,19,22). The van der Waals surface area contributed by atoms with Gasteiger partial charge in [-0.25, -0.2) is 4.79 Å². The fourth-order valence-electron chi connectivity index (χ4n) is 2.87. The molecule has 1 heterocycles. The fraction of sp³-hybridized carbons (Fsp3) is 0.500. The van der Waals surface area contributed by atoms with Crippen LogP contribution >= 0.6 is 0 Å². The zero-order valence-corrected chi connectivity index (χ0v) is 14.4. The summed E-state index contributed by atoms with van der Waals surface area (Å²) in [5, 5.41) is 13.9. The van der Waals surface area contributed by atoms with E-state index in [4.69, 9.17) is 0 Å². The van der Waals surface area contributed by atoms with Crippen LogP contribution in [-0.2, 0) is 12.8 Å². The van der Waals surface area contributed by atoms with Crippen molar-refractivity contribution in [3.05, 3.63) is 35.5 Å². The molecule has 0 aliphatic carbocycles. The Balaban J connectivity index is 1.93. The number of aliphatic hydroxyl groups is 1. The van der Waals surface area contributed by atoms with Gasteiger partial charge in [0.05, 0.1) is 12.1 Å². The Morgan fingerprint density at radius 2 is 2.09 bits per heavy atom. The Labute approximate surface area is 137 Å². The van der Waals surface area contributed by atoms with Gasteiger partial charge >= 0.3 is 6.03 Å². The number of amides is 2. The first kappa shape index (κ1) is 17.3. The Bertz CT molecular complexity index is 670. The molecule has 0 saturated heterocycles. The maximum absolute atomic E-state index is 12.0. The Kier molecular flexibility index (Phi) is 5.31. The lowest BCUT2D eigenvalue weighted by Gasteiger charge is -2.25. The van der Waals surface area contributed by atoms with Crippen molar-refractivity contribution in [1.29, 1.82) is 0 Å². The first-order valence-electron chi connectivity index (χ1n) is 8.11. The molecule has 0 aliphatic rings. The van der Waals surface area contributed by atoms with Gasteiger partial charge in [0, 0.05) is 30.7 Å². The predicted molar refractivity (Wildman–Crippen MR) is 93.7 cm³/mol. The average Bonchev–Trinajstić information content (AvgIpc) is 2.88. The van der Waals surface area contributed by atoms with Crippen LogP contribution in [0.15, 0.2) is 24.4 Å². The first-order chi connectivity index (χ1) is 10.8. The second kappa shape index (κ2) is 7.04. The largest absolute Gasteiger partial charge is 0.389 e. The van der Waals surface area contributed by atoms with E-state index in [1.165, 1.54) is 26.9 Å². The number of aryl methyl sites for hydroxylation is 1. The van der Waals surface area contributed by atoms with E-state index >= 15 is 0 Å². The molecule has 3 N–H and O–H groups in total. The van der Waals surface area contributed by atoms with E-state index in [-0.39, 0.29) is 6.03 Å². The molecular formula is C18H27N3O2. The number of hydrogen-bond donors (Lipinski definition) is 3. The molecule has 2 amide bonds. The van der Waals surface area contributed by atoms with Crippen LogP contribution in [0.1, 0.15) is 31.9 Å². The normalized spacial score (nSPS) is 11.7. The fourth-order valence-corrected chi connectivity index (χ4v) is 2.87. The van der Waals surface area contributed by atoms with Crippen LogP contribution in [0.2, 0.25) is 0 Å². The van der Waals surface area contributed by atoms with Gasteiger partial charge in [-0.3, -0.25) is 0 Å². The van der Waals surface area contributed by atoms with Crippen molar-refractivity contribution < 1.29 is 9.90 Å². The summed E-state index contributed by atoms with van der Waals surface area (Å²) in [6.07, 6.45) is 3.79. The van der Waals surface area contributed by atoms with Gasteiger partial charge in [0.2, 0.25) is 0 Å². The van der Waals surface area contributed by atoms with Crippen LogP contribution in [-0.4, -0.2) is 46.8 Å². The van der Waals surface area contributed by atoms with Crippen LogP contribution in [0.3, 0.4) is 0 Å². The van der Waals surface area contributed by atoms with Gasteiger partial charge in [-0.1, -0.05) is 25.1 Å². The number of carbonyl (C=O) groups excluding carboxylic acids is 1. The highest BCUT2D eigenvalue weighted by Gasteiger charge is 2.19. The van der Waals surface area contributed by atoms with E-state index < -0.39 is 5.60 Å².